The zero-order chi connectivity index (χ0) is 25.4. The van der Waals surface area contributed by atoms with Gasteiger partial charge in [0.05, 0.1) is 4.92 Å². The van der Waals surface area contributed by atoms with E-state index in [4.69, 9.17) is 8.92 Å². The van der Waals surface area contributed by atoms with Gasteiger partial charge in [0.15, 0.2) is 0 Å². The number of benzene rings is 2. The van der Waals surface area contributed by atoms with Gasteiger partial charge in [0.2, 0.25) is 6.20 Å². The average molecular weight is 492 g/mol. The Bertz CT molecular complexity index is 1150. The molecule has 2 rings (SSSR count). The number of nitrogens with one attached hydrogen (secondary N) is 2. The van der Waals surface area contributed by atoms with Crippen molar-refractivity contribution in [2.45, 2.75) is 31.3 Å². The zero-order valence-electron chi connectivity index (χ0n) is 18.8. The number of carbonyl (C=O) groups is 2. The van der Waals surface area contributed by atoms with Gasteiger partial charge in [-0.3, -0.25) is 14.9 Å². The molecule has 0 spiro atoms. The van der Waals surface area contributed by atoms with E-state index in [0.717, 1.165) is 6.20 Å². The summed E-state index contributed by atoms with van der Waals surface area (Å²) >= 11 is 0. The summed E-state index contributed by atoms with van der Waals surface area (Å²) in [7, 11) is -4.16. The molecule has 0 saturated carbocycles. The maximum Gasteiger partial charge on any atom is 0.407 e. The monoisotopic (exact) mass is 491 g/mol. The molecule has 2 aromatic carbocycles. The molecule has 0 fully saturated rings. The maximum atomic E-state index is 12.5. The van der Waals surface area contributed by atoms with E-state index in [1.54, 1.807) is 20.8 Å². The Morgan fingerprint density at radius 3 is 2.15 bits per heavy atom. The first kappa shape index (κ1) is 26.3. The minimum absolute atomic E-state index is 0.0255. The van der Waals surface area contributed by atoms with E-state index in [1.165, 1.54) is 54.6 Å². The fraction of sp³-hybridized carbons (Fsp3) is 0.273. The summed E-state index contributed by atoms with van der Waals surface area (Å²) in [6.07, 6.45) is 1.43. The van der Waals surface area contributed by atoms with Crippen LogP contribution in [0, 0.1) is 10.1 Å². The minimum Gasteiger partial charge on any atom is -0.444 e. The van der Waals surface area contributed by atoms with Crippen LogP contribution in [0.15, 0.2) is 59.6 Å². The Kier molecular flexibility index (Phi) is 8.73. The third kappa shape index (κ3) is 8.90. The number of nitrogens with zero attached hydrogens (tertiary/aromatic N) is 1. The molecule has 2 amide bonds. The van der Waals surface area contributed by atoms with Crippen LogP contribution in [0.3, 0.4) is 0 Å². The van der Waals surface area contributed by atoms with E-state index in [-0.39, 0.29) is 29.3 Å². The van der Waals surface area contributed by atoms with Gasteiger partial charge in [-0.2, -0.15) is 8.42 Å². The van der Waals surface area contributed by atoms with Crippen molar-refractivity contribution in [2.75, 3.05) is 13.1 Å². The molecule has 2 aromatic rings. The summed E-state index contributed by atoms with van der Waals surface area (Å²) in [6, 6.07) is 10.8. The molecule has 0 heterocycles. The van der Waals surface area contributed by atoms with Crippen molar-refractivity contribution >= 4 is 28.2 Å². The highest BCUT2D eigenvalue weighted by Crippen LogP contribution is 2.20. The molecular weight excluding hydrogens is 466 g/mol. The summed E-state index contributed by atoms with van der Waals surface area (Å²) in [5.41, 5.74) is 0.0928. The van der Waals surface area contributed by atoms with Crippen molar-refractivity contribution in [1.82, 2.24) is 10.6 Å². The van der Waals surface area contributed by atoms with E-state index in [9.17, 15) is 28.1 Å². The van der Waals surface area contributed by atoms with Gasteiger partial charge in [-0.05, 0) is 62.7 Å². The Morgan fingerprint density at radius 2 is 1.59 bits per heavy atom. The Morgan fingerprint density at radius 1 is 1.00 bits per heavy atom. The lowest BCUT2D eigenvalue weighted by Crippen LogP contribution is -2.37. The predicted octanol–water partition coefficient (Wildman–Crippen LogP) is 2.96. The van der Waals surface area contributed by atoms with Crippen molar-refractivity contribution in [3.05, 3.63) is 76.0 Å². The number of nitro groups is 1. The van der Waals surface area contributed by atoms with E-state index in [1.807, 2.05) is 0 Å². The second-order valence-corrected chi connectivity index (χ2v) is 9.46. The van der Waals surface area contributed by atoms with Crippen molar-refractivity contribution in [3.63, 3.8) is 0 Å². The number of amides is 2. The number of rotatable bonds is 9. The molecule has 0 atom stereocenters. The molecule has 0 aliphatic rings. The van der Waals surface area contributed by atoms with Crippen LogP contribution in [-0.2, 0) is 14.9 Å². The van der Waals surface area contributed by atoms with Crippen LogP contribution in [0.1, 0.15) is 36.7 Å². The minimum atomic E-state index is -4.16. The van der Waals surface area contributed by atoms with Crippen LogP contribution in [-0.4, -0.2) is 44.0 Å². The average Bonchev–Trinajstić information content (AvgIpc) is 2.74. The topological polar surface area (TPSA) is 154 Å². The largest absolute Gasteiger partial charge is 0.444 e. The molecule has 0 aliphatic carbocycles. The first-order chi connectivity index (χ1) is 15.9. The lowest BCUT2D eigenvalue weighted by Gasteiger charge is -2.19. The van der Waals surface area contributed by atoms with Crippen molar-refractivity contribution in [1.29, 1.82) is 0 Å². The third-order valence-electron chi connectivity index (χ3n) is 3.96. The highest BCUT2D eigenvalue weighted by Gasteiger charge is 2.18. The molecule has 11 nitrogen and oxygen atoms in total. The van der Waals surface area contributed by atoms with Crippen LogP contribution >= 0.6 is 0 Å². The molecule has 0 bridgehead atoms. The summed E-state index contributed by atoms with van der Waals surface area (Å²) in [5, 5.41) is 15.5. The Balaban J connectivity index is 1.90. The molecular formula is C22H25N3O8S. The molecule has 182 valence electrons. The first-order valence-electron chi connectivity index (χ1n) is 10.1. The molecule has 0 unspecified atom stereocenters. The molecule has 0 saturated heterocycles. The standard InChI is InChI=1S/C22H25N3O8S/c1-22(2,3)32-21(27)24-14-13-23-20(26)17-6-10-19(11-7-17)34(30,31)33-18-8-4-16(5-9-18)12-15-25(28)29/h4-12,15H,13-14H2,1-3H3,(H,23,26)(H,24,27)/b15-12+. The highest BCUT2D eigenvalue weighted by atomic mass is 32.2. The van der Waals surface area contributed by atoms with Gasteiger partial charge in [0.25, 0.3) is 5.91 Å². The molecule has 2 N–H and O–H groups in total. The van der Waals surface area contributed by atoms with Crippen LogP contribution in [0.2, 0.25) is 0 Å². The fourth-order valence-corrected chi connectivity index (χ4v) is 3.42. The first-order valence-corrected chi connectivity index (χ1v) is 11.5. The van der Waals surface area contributed by atoms with Gasteiger partial charge in [0, 0.05) is 24.7 Å². The Labute approximate surface area is 197 Å². The van der Waals surface area contributed by atoms with Gasteiger partial charge in [-0.1, -0.05) is 12.1 Å². The van der Waals surface area contributed by atoms with E-state index in [0.29, 0.717) is 5.56 Å². The third-order valence-corrected chi connectivity index (χ3v) is 5.22. The highest BCUT2D eigenvalue weighted by molar-refractivity contribution is 7.87. The van der Waals surface area contributed by atoms with Gasteiger partial charge >= 0.3 is 16.2 Å². The van der Waals surface area contributed by atoms with E-state index < -0.39 is 32.6 Å². The Hall–Kier alpha value is -3.93. The lowest BCUT2D eigenvalue weighted by atomic mass is 10.2. The van der Waals surface area contributed by atoms with Gasteiger partial charge < -0.3 is 19.6 Å². The predicted molar refractivity (Wildman–Crippen MR) is 123 cm³/mol. The number of hydrogen-bond donors (Lipinski definition) is 2. The zero-order valence-corrected chi connectivity index (χ0v) is 19.6. The molecule has 12 heteroatoms. The van der Waals surface area contributed by atoms with Crippen molar-refractivity contribution < 1.29 is 31.9 Å². The lowest BCUT2D eigenvalue weighted by molar-refractivity contribution is -0.400. The smallest absolute Gasteiger partial charge is 0.407 e. The van der Waals surface area contributed by atoms with Gasteiger partial charge in [-0.15, -0.1) is 0 Å². The maximum absolute atomic E-state index is 12.5. The van der Waals surface area contributed by atoms with Crippen LogP contribution in [0.25, 0.3) is 6.08 Å². The molecule has 0 aromatic heterocycles. The van der Waals surface area contributed by atoms with E-state index >= 15 is 0 Å². The summed E-state index contributed by atoms with van der Waals surface area (Å²) in [6.45, 7) is 5.51. The molecule has 0 aliphatic heterocycles. The van der Waals surface area contributed by atoms with Crippen LogP contribution in [0.4, 0.5) is 4.79 Å². The normalized spacial score (nSPS) is 11.6. The number of ether oxygens (including phenoxy) is 1. The molecule has 34 heavy (non-hydrogen) atoms. The van der Waals surface area contributed by atoms with Crippen molar-refractivity contribution in [3.8, 4) is 5.75 Å². The summed E-state index contributed by atoms with van der Waals surface area (Å²) in [5.74, 6) is -0.424. The van der Waals surface area contributed by atoms with E-state index in [2.05, 4.69) is 10.6 Å². The second-order valence-electron chi connectivity index (χ2n) is 7.92. The second kappa shape index (κ2) is 11.3. The van der Waals surface area contributed by atoms with Gasteiger partial charge in [-0.25, -0.2) is 4.79 Å². The number of alkyl carbamates (subject to hydrolysis) is 1. The van der Waals surface area contributed by atoms with Gasteiger partial charge in [0.1, 0.15) is 16.2 Å². The fourth-order valence-electron chi connectivity index (χ4n) is 2.49. The van der Waals surface area contributed by atoms with Crippen molar-refractivity contribution in [2.24, 2.45) is 0 Å². The quantitative estimate of drug-likeness (QED) is 0.235. The number of carbonyl (C=O) groups excluding carboxylic acids is 2. The summed E-state index contributed by atoms with van der Waals surface area (Å²) < 4.78 is 35.1. The van der Waals surface area contributed by atoms with Crippen LogP contribution < -0.4 is 14.8 Å². The molecule has 0 radical (unpaired) electrons. The SMILES string of the molecule is CC(C)(C)OC(=O)NCCNC(=O)c1ccc(S(=O)(=O)Oc2ccc(/C=C/[N+](=O)[O-])cc2)cc1. The van der Waals surface area contributed by atoms with Crippen LogP contribution in [0.5, 0.6) is 5.75 Å². The summed E-state index contributed by atoms with van der Waals surface area (Å²) in [4.78, 5) is 33.4. The number of hydrogen-bond acceptors (Lipinski definition) is 8.